The van der Waals surface area contributed by atoms with Gasteiger partial charge in [-0.15, -0.1) is 0 Å². The van der Waals surface area contributed by atoms with Crippen molar-refractivity contribution >= 4 is 5.78 Å². The molecule has 7 heteroatoms. The molecule has 4 aliphatic rings. The zero-order chi connectivity index (χ0) is 22.4. The van der Waals surface area contributed by atoms with Crippen LogP contribution < -0.4 is 0 Å². The monoisotopic (exact) mass is 424 g/mol. The fourth-order valence-corrected chi connectivity index (χ4v) is 7.51. The summed E-state index contributed by atoms with van der Waals surface area (Å²) in [4.78, 5) is 14.2. The lowest BCUT2D eigenvalue weighted by molar-refractivity contribution is -0.337. The zero-order valence-corrected chi connectivity index (χ0v) is 19.1. The first-order valence-electron chi connectivity index (χ1n) is 10.9. The number of carbonyl (C=O) groups excluding carboxylic acids is 1. The van der Waals surface area contributed by atoms with E-state index in [4.69, 9.17) is 14.2 Å². The van der Waals surface area contributed by atoms with E-state index in [1.807, 2.05) is 34.6 Å². The van der Waals surface area contributed by atoms with E-state index < -0.39 is 58.3 Å². The van der Waals surface area contributed by atoms with Crippen LogP contribution in [0.1, 0.15) is 47.5 Å². The van der Waals surface area contributed by atoms with Crippen molar-refractivity contribution in [2.24, 2.45) is 22.7 Å². The second-order valence-electron chi connectivity index (χ2n) is 10.6. The molecule has 1 saturated heterocycles. The first kappa shape index (κ1) is 22.4. The van der Waals surface area contributed by atoms with E-state index in [0.29, 0.717) is 17.6 Å². The van der Waals surface area contributed by atoms with Crippen LogP contribution in [0.5, 0.6) is 0 Å². The average Bonchev–Trinajstić information content (AvgIpc) is 2.67. The zero-order valence-electron chi connectivity index (χ0n) is 19.1. The van der Waals surface area contributed by atoms with Crippen LogP contribution in [-0.4, -0.2) is 77.5 Å². The molecule has 170 valence electrons. The van der Waals surface area contributed by atoms with Gasteiger partial charge >= 0.3 is 0 Å². The number of ether oxygens (including phenoxy) is 3. The molecule has 3 aliphatic carbocycles. The Bertz CT molecular complexity index is 790. The third-order valence-corrected chi connectivity index (χ3v) is 9.34. The minimum absolute atomic E-state index is 0.115. The maximum Gasteiger partial charge on any atom is 0.174 e. The number of hydrogen-bond donors (Lipinski definition) is 3. The summed E-state index contributed by atoms with van der Waals surface area (Å²) in [6, 6.07) is 0. The summed E-state index contributed by atoms with van der Waals surface area (Å²) in [5.41, 5.74) is -3.24. The molecule has 7 unspecified atom stereocenters. The SMILES string of the molecule is COC1C(=O)[C@]2(C)C(OC)CC3OCC3(O)C2[C@H](C)C2(O)CC(O)C(C)=C1C2(C)C. The standard InChI is InChI=1S/C23H36O7/c1-11-13(24)9-23(27)12(2)18-21(5,14(28-6)8-15-22(18,26)10-30-15)19(25)17(29-7)16(11)20(23,3)4/h12-15,17-18,24,26-27H,8-10H2,1-7H3/t12-,13?,14?,15?,17?,18?,21+,22?,23?/m0/s1. The van der Waals surface area contributed by atoms with Crippen LogP contribution in [0, 0.1) is 22.7 Å². The van der Waals surface area contributed by atoms with Gasteiger partial charge in [-0.2, -0.15) is 0 Å². The number of carbonyl (C=O) groups is 1. The summed E-state index contributed by atoms with van der Waals surface area (Å²) in [5.74, 6) is -1.30. The molecule has 7 nitrogen and oxygen atoms in total. The van der Waals surface area contributed by atoms with Crippen molar-refractivity contribution in [3.8, 4) is 0 Å². The molecule has 0 radical (unpaired) electrons. The summed E-state index contributed by atoms with van der Waals surface area (Å²) in [5, 5.41) is 34.8. The third-order valence-electron chi connectivity index (χ3n) is 9.34. The fraction of sp³-hybridized carbons (Fsp3) is 0.870. The molecule has 0 aromatic heterocycles. The predicted molar refractivity (Wildman–Crippen MR) is 109 cm³/mol. The van der Waals surface area contributed by atoms with Crippen LogP contribution in [0.3, 0.4) is 0 Å². The maximum absolute atomic E-state index is 14.2. The van der Waals surface area contributed by atoms with Gasteiger partial charge in [0.2, 0.25) is 0 Å². The van der Waals surface area contributed by atoms with Gasteiger partial charge in [-0.25, -0.2) is 0 Å². The van der Waals surface area contributed by atoms with Crippen LogP contribution in [0.25, 0.3) is 0 Å². The molecule has 2 saturated carbocycles. The first-order chi connectivity index (χ1) is 13.8. The molecule has 30 heavy (non-hydrogen) atoms. The predicted octanol–water partition coefficient (Wildman–Crippen LogP) is 1.23. The second kappa shape index (κ2) is 6.59. The summed E-state index contributed by atoms with van der Waals surface area (Å²) < 4.78 is 17.3. The number of Topliss-reactive ketones (excluding diaryl/α,β-unsaturated/α-hetero) is 1. The summed E-state index contributed by atoms with van der Waals surface area (Å²) >= 11 is 0. The molecule has 1 aliphatic heterocycles. The molecule has 3 fully saturated rings. The number of hydrogen-bond acceptors (Lipinski definition) is 7. The van der Waals surface area contributed by atoms with Crippen LogP contribution in [-0.2, 0) is 19.0 Å². The lowest BCUT2D eigenvalue weighted by Gasteiger charge is -2.67. The maximum atomic E-state index is 14.2. The van der Waals surface area contributed by atoms with E-state index in [0.717, 1.165) is 0 Å². The van der Waals surface area contributed by atoms with Gasteiger partial charge in [0.05, 0.1) is 35.9 Å². The van der Waals surface area contributed by atoms with E-state index in [2.05, 4.69) is 0 Å². The Balaban J connectivity index is 2.04. The number of rotatable bonds is 2. The van der Waals surface area contributed by atoms with Crippen LogP contribution in [0.2, 0.25) is 0 Å². The van der Waals surface area contributed by atoms with Crippen molar-refractivity contribution in [3.63, 3.8) is 0 Å². The van der Waals surface area contributed by atoms with Gasteiger partial charge in [-0.05, 0) is 30.9 Å². The highest BCUT2D eigenvalue weighted by molar-refractivity contribution is 5.93. The number of fused-ring (bicyclic) bond motifs is 5. The fourth-order valence-electron chi connectivity index (χ4n) is 7.51. The Morgan fingerprint density at radius 1 is 1.13 bits per heavy atom. The molecule has 0 amide bonds. The molecular formula is C23H36O7. The molecule has 0 aromatic carbocycles. The van der Waals surface area contributed by atoms with Crippen LogP contribution >= 0.6 is 0 Å². The number of aliphatic hydroxyl groups is 3. The van der Waals surface area contributed by atoms with E-state index in [1.165, 1.54) is 7.11 Å². The summed E-state index contributed by atoms with van der Waals surface area (Å²) in [7, 11) is 3.05. The van der Waals surface area contributed by atoms with Crippen molar-refractivity contribution < 1.29 is 34.3 Å². The Morgan fingerprint density at radius 2 is 1.77 bits per heavy atom. The van der Waals surface area contributed by atoms with Gasteiger partial charge in [0.25, 0.3) is 0 Å². The molecule has 4 rings (SSSR count). The Labute approximate surface area is 178 Å². The normalized spacial score (nSPS) is 52.7. The van der Waals surface area contributed by atoms with E-state index >= 15 is 0 Å². The van der Waals surface area contributed by atoms with Gasteiger partial charge in [0.1, 0.15) is 11.7 Å². The Morgan fingerprint density at radius 3 is 2.27 bits per heavy atom. The number of aliphatic hydroxyl groups excluding tert-OH is 1. The van der Waals surface area contributed by atoms with Gasteiger partial charge in [-0.1, -0.05) is 20.8 Å². The van der Waals surface area contributed by atoms with Gasteiger partial charge in [0.15, 0.2) is 5.78 Å². The van der Waals surface area contributed by atoms with Crippen molar-refractivity contribution in [3.05, 3.63) is 11.1 Å². The molecule has 0 spiro atoms. The average molecular weight is 425 g/mol. The van der Waals surface area contributed by atoms with Crippen LogP contribution in [0.4, 0.5) is 0 Å². The van der Waals surface area contributed by atoms with Crippen molar-refractivity contribution in [1.29, 1.82) is 0 Å². The molecule has 2 bridgehead atoms. The highest BCUT2D eigenvalue weighted by atomic mass is 16.6. The lowest BCUT2D eigenvalue weighted by Crippen LogP contribution is -2.79. The molecule has 9 atom stereocenters. The van der Waals surface area contributed by atoms with E-state index in [-0.39, 0.29) is 18.8 Å². The third kappa shape index (κ3) is 2.34. The van der Waals surface area contributed by atoms with Gasteiger partial charge in [0, 0.05) is 38.4 Å². The highest BCUT2D eigenvalue weighted by Crippen LogP contribution is 2.64. The van der Waals surface area contributed by atoms with Crippen molar-refractivity contribution in [2.45, 2.75) is 83.1 Å². The highest BCUT2D eigenvalue weighted by Gasteiger charge is 2.74. The quantitative estimate of drug-likeness (QED) is 0.573. The topological polar surface area (TPSA) is 105 Å². The second-order valence-corrected chi connectivity index (χ2v) is 10.6. The van der Waals surface area contributed by atoms with Crippen molar-refractivity contribution in [1.82, 2.24) is 0 Å². The Kier molecular flexibility index (Phi) is 4.91. The largest absolute Gasteiger partial charge is 0.389 e. The number of methoxy groups -OCH3 is 2. The first-order valence-corrected chi connectivity index (χ1v) is 10.9. The lowest BCUT2D eigenvalue weighted by atomic mass is 9.42. The van der Waals surface area contributed by atoms with E-state index in [9.17, 15) is 20.1 Å². The molecular weight excluding hydrogens is 388 g/mol. The molecule has 1 heterocycles. The summed E-state index contributed by atoms with van der Waals surface area (Å²) in [6.07, 6.45) is -2.24. The Hall–Kier alpha value is -0.830. The van der Waals surface area contributed by atoms with Gasteiger partial charge < -0.3 is 29.5 Å². The van der Waals surface area contributed by atoms with Gasteiger partial charge in [-0.3, -0.25) is 4.79 Å². The number of ketones is 1. The molecule has 0 aromatic rings. The van der Waals surface area contributed by atoms with Crippen molar-refractivity contribution in [2.75, 3.05) is 20.8 Å². The molecule has 3 N–H and O–H groups in total. The minimum atomic E-state index is -1.36. The van der Waals surface area contributed by atoms with E-state index in [1.54, 1.807) is 7.11 Å². The minimum Gasteiger partial charge on any atom is -0.389 e. The summed E-state index contributed by atoms with van der Waals surface area (Å²) in [6.45, 7) is 9.47. The van der Waals surface area contributed by atoms with Crippen LogP contribution in [0.15, 0.2) is 11.1 Å². The smallest absolute Gasteiger partial charge is 0.174 e.